The number of benzene rings is 3. The summed E-state index contributed by atoms with van der Waals surface area (Å²) in [5, 5.41) is 9.24. The van der Waals surface area contributed by atoms with E-state index >= 15 is 0 Å². The van der Waals surface area contributed by atoms with Gasteiger partial charge in [-0.15, -0.1) is 0 Å². The standard InChI is InChI=1S/C28H33N3O3S/c32-28(31-25-11-7-15-27(21-25)35(33,34)26-13-5-2-6-14-26)30-17-8-12-24-20-23(16-18-29-24)19-22-9-3-1-4-10-22/h1-7,9-11,13-15,21,23-24,29H,8,12,16-20H2,(H2,30,31,32)/t23-,24-/m0/s1. The molecule has 0 aromatic heterocycles. The number of carbonyl (C=O) groups excluding carboxylic acids is 1. The highest BCUT2D eigenvalue weighted by molar-refractivity contribution is 7.91. The topological polar surface area (TPSA) is 87.3 Å². The van der Waals surface area contributed by atoms with Crippen LogP contribution in [-0.2, 0) is 16.3 Å². The van der Waals surface area contributed by atoms with Crippen molar-refractivity contribution in [2.24, 2.45) is 5.92 Å². The summed E-state index contributed by atoms with van der Waals surface area (Å²) in [4.78, 5) is 12.7. The smallest absolute Gasteiger partial charge is 0.319 e. The van der Waals surface area contributed by atoms with Crippen LogP contribution in [0.25, 0.3) is 0 Å². The van der Waals surface area contributed by atoms with Crippen molar-refractivity contribution in [1.82, 2.24) is 10.6 Å². The molecule has 3 aromatic rings. The number of piperidine rings is 1. The number of rotatable bonds is 9. The van der Waals surface area contributed by atoms with Gasteiger partial charge < -0.3 is 16.0 Å². The first-order chi connectivity index (χ1) is 17.0. The fourth-order valence-corrected chi connectivity index (χ4v) is 5.98. The molecule has 3 aromatic carbocycles. The molecule has 0 spiro atoms. The third-order valence-electron chi connectivity index (χ3n) is 6.44. The second-order valence-electron chi connectivity index (χ2n) is 9.10. The molecule has 2 atom stereocenters. The van der Waals surface area contributed by atoms with E-state index in [2.05, 4.69) is 46.3 Å². The number of hydrogen-bond acceptors (Lipinski definition) is 4. The Labute approximate surface area is 208 Å². The Hall–Kier alpha value is -3.16. The summed E-state index contributed by atoms with van der Waals surface area (Å²) in [5.74, 6) is 0.694. The summed E-state index contributed by atoms with van der Waals surface area (Å²) in [6.07, 6.45) is 5.37. The Morgan fingerprint density at radius 2 is 1.63 bits per heavy atom. The van der Waals surface area contributed by atoms with E-state index in [1.165, 1.54) is 24.1 Å². The van der Waals surface area contributed by atoms with Gasteiger partial charge >= 0.3 is 6.03 Å². The van der Waals surface area contributed by atoms with E-state index in [1.54, 1.807) is 42.5 Å². The minimum atomic E-state index is -3.63. The van der Waals surface area contributed by atoms with Gasteiger partial charge in [-0.25, -0.2) is 13.2 Å². The molecular formula is C28H33N3O3S. The molecule has 7 heteroatoms. The lowest BCUT2D eigenvalue weighted by molar-refractivity contribution is 0.250. The van der Waals surface area contributed by atoms with Crippen LogP contribution in [0.15, 0.2) is 94.7 Å². The van der Waals surface area contributed by atoms with Gasteiger partial charge in [0.05, 0.1) is 9.79 Å². The number of urea groups is 1. The van der Waals surface area contributed by atoms with Crippen molar-refractivity contribution in [2.75, 3.05) is 18.4 Å². The van der Waals surface area contributed by atoms with Crippen molar-refractivity contribution in [1.29, 1.82) is 0 Å². The molecule has 1 aliphatic heterocycles. The van der Waals surface area contributed by atoms with Crippen LogP contribution >= 0.6 is 0 Å². The fraction of sp³-hybridized carbons (Fsp3) is 0.321. The number of sulfone groups is 1. The lowest BCUT2D eigenvalue weighted by Crippen LogP contribution is -2.39. The number of hydrogen-bond donors (Lipinski definition) is 3. The number of carbonyl (C=O) groups is 1. The second kappa shape index (κ2) is 12.0. The maximum atomic E-state index is 12.8. The molecule has 1 saturated heterocycles. The Kier molecular flexibility index (Phi) is 8.55. The maximum absolute atomic E-state index is 12.8. The average Bonchev–Trinajstić information content (AvgIpc) is 2.88. The van der Waals surface area contributed by atoms with Crippen LogP contribution in [0.4, 0.5) is 10.5 Å². The van der Waals surface area contributed by atoms with E-state index in [9.17, 15) is 13.2 Å². The molecule has 2 amide bonds. The summed E-state index contributed by atoms with van der Waals surface area (Å²) >= 11 is 0. The van der Waals surface area contributed by atoms with Crippen LogP contribution in [0.3, 0.4) is 0 Å². The normalized spacial score (nSPS) is 18.1. The Morgan fingerprint density at radius 1 is 0.914 bits per heavy atom. The molecule has 0 radical (unpaired) electrons. The van der Waals surface area contributed by atoms with Gasteiger partial charge in [0, 0.05) is 18.3 Å². The van der Waals surface area contributed by atoms with Crippen LogP contribution < -0.4 is 16.0 Å². The first kappa shape index (κ1) is 24.9. The quantitative estimate of drug-likeness (QED) is 0.366. The summed E-state index contributed by atoms with van der Waals surface area (Å²) < 4.78 is 25.6. The first-order valence-corrected chi connectivity index (χ1v) is 13.7. The minimum absolute atomic E-state index is 0.148. The first-order valence-electron chi connectivity index (χ1n) is 12.2. The zero-order valence-electron chi connectivity index (χ0n) is 19.8. The highest BCUT2D eigenvalue weighted by atomic mass is 32.2. The van der Waals surface area contributed by atoms with Crippen molar-refractivity contribution in [3.8, 4) is 0 Å². The van der Waals surface area contributed by atoms with Gasteiger partial charge in [-0.1, -0.05) is 54.6 Å². The zero-order chi connectivity index (χ0) is 24.5. The average molecular weight is 492 g/mol. The van der Waals surface area contributed by atoms with Gasteiger partial charge in [0.15, 0.2) is 0 Å². The zero-order valence-corrected chi connectivity index (χ0v) is 20.6. The number of amides is 2. The molecule has 0 aliphatic carbocycles. The molecule has 3 N–H and O–H groups in total. The van der Waals surface area contributed by atoms with Crippen LogP contribution in [0, 0.1) is 5.92 Å². The molecule has 184 valence electrons. The van der Waals surface area contributed by atoms with E-state index in [4.69, 9.17) is 0 Å². The largest absolute Gasteiger partial charge is 0.338 e. The van der Waals surface area contributed by atoms with Gasteiger partial charge in [0.2, 0.25) is 9.84 Å². The van der Waals surface area contributed by atoms with Gasteiger partial charge in [0.25, 0.3) is 0 Å². The lowest BCUT2D eigenvalue weighted by atomic mass is 9.86. The molecular weight excluding hydrogens is 458 g/mol. The number of nitrogens with one attached hydrogen (secondary N) is 3. The summed E-state index contributed by atoms with van der Waals surface area (Å²) in [7, 11) is -3.63. The molecule has 6 nitrogen and oxygen atoms in total. The van der Waals surface area contributed by atoms with E-state index in [0.29, 0.717) is 24.2 Å². The maximum Gasteiger partial charge on any atom is 0.319 e. The van der Waals surface area contributed by atoms with Crippen molar-refractivity contribution in [2.45, 2.75) is 47.9 Å². The molecule has 0 unspecified atom stereocenters. The lowest BCUT2D eigenvalue weighted by Gasteiger charge is -2.30. The van der Waals surface area contributed by atoms with E-state index in [-0.39, 0.29) is 15.8 Å². The molecule has 4 rings (SSSR count). The molecule has 0 saturated carbocycles. The third-order valence-corrected chi connectivity index (χ3v) is 8.21. The molecule has 1 heterocycles. The van der Waals surface area contributed by atoms with Crippen LogP contribution in [0.2, 0.25) is 0 Å². The Morgan fingerprint density at radius 3 is 2.40 bits per heavy atom. The minimum Gasteiger partial charge on any atom is -0.338 e. The SMILES string of the molecule is O=C(NCCC[C@H]1C[C@H](Cc2ccccc2)CCN1)Nc1cccc(S(=O)(=O)c2ccccc2)c1. The van der Waals surface area contributed by atoms with Crippen LogP contribution in [0.5, 0.6) is 0 Å². The second-order valence-corrected chi connectivity index (χ2v) is 11.0. The monoisotopic (exact) mass is 491 g/mol. The van der Waals surface area contributed by atoms with Crippen molar-refractivity contribution in [3.05, 3.63) is 90.5 Å². The Bertz CT molecular complexity index is 1200. The van der Waals surface area contributed by atoms with Crippen LogP contribution in [0.1, 0.15) is 31.2 Å². The van der Waals surface area contributed by atoms with Crippen molar-refractivity contribution < 1.29 is 13.2 Å². The van der Waals surface area contributed by atoms with Crippen molar-refractivity contribution in [3.63, 3.8) is 0 Å². The Balaban J connectivity index is 1.21. The predicted octanol–water partition coefficient (Wildman–Crippen LogP) is 5.03. The number of anilines is 1. The molecule has 35 heavy (non-hydrogen) atoms. The highest BCUT2D eigenvalue weighted by Crippen LogP contribution is 2.24. The summed E-state index contributed by atoms with van der Waals surface area (Å²) in [6.45, 7) is 1.60. The summed E-state index contributed by atoms with van der Waals surface area (Å²) in [5.41, 5.74) is 1.84. The van der Waals surface area contributed by atoms with E-state index < -0.39 is 9.84 Å². The van der Waals surface area contributed by atoms with Crippen molar-refractivity contribution >= 4 is 21.6 Å². The third kappa shape index (κ3) is 7.16. The molecule has 0 bridgehead atoms. The van der Waals surface area contributed by atoms with E-state index in [0.717, 1.165) is 32.2 Å². The highest BCUT2D eigenvalue weighted by Gasteiger charge is 2.21. The van der Waals surface area contributed by atoms with Gasteiger partial charge in [-0.05, 0) is 80.5 Å². The van der Waals surface area contributed by atoms with Gasteiger partial charge in [-0.2, -0.15) is 0 Å². The predicted molar refractivity (Wildman–Crippen MR) is 139 cm³/mol. The van der Waals surface area contributed by atoms with Crippen LogP contribution in [-0.4, -0.2) is 33.6 Å². The van der Waals surface area contributed by atoms with E-state index in [1.807, 2.05) is 0 Å². The van der Waals surface area contributed by atoms with Gasteiger partial charge in [0.1, 0.15) is 0 Å². The summed E-state index contributed by atoms with van der Waals surface area (Å²) in [6, 6.07) is 25.4. The van der Waals surface area contributed by atoms with Gasteiger partial charge in [-0.3, -0.25) is 0 Å². The fourth-order valence-electron chi connectivity index (χ4n) is 4.65. The molecule has 1 fully saturated rings. The molecule has 1 aliphatic rings.